The molecular weight excluding hydrogens is 476 g/mol. The van der Waals surface area contributed by atoms with E-state index in [0.29, 0.717) is 26.4 Å². The number of hydrogen-bond acceptors (Lipinski definition) is 13. The normalized spacial score (nSPS) is 7.39. The van der Waals surface area contributed by atoms with Gasteiger partial charge in [0.25, 0.3) is 0 Å². The molecule has 13 heteroatoms. The number of aliphatic hydroxyl groups excluding tert-OH is 2. The van der Waals surface area contributed by atoms with Gasteiger partial charge in [0.05, 0.1) is 39.6 Å². The van der Waals surface area contributed by atoms with Crippen LogP contribution < -0.4 is 9.47 Å². The van der Waals surface area contributed by atoms with Crippen molar-refractivity contribution < 1.29 is 43.6 Å². The zero-order valence-electron chi connectivity index (χ0n) is 19.5. The fourth-order valence-corrected chi connectivity index (χ4v) is 1.70. The van der Waals surface area contributed by atoms with Gasteiger partial charge in [0.1, 0.15) is 11.5 Å². The number of hydrogen-bond donors (Lipinski definition) is 6. The van der Waals surface area contributed by atoms with Crippen molar-refractivity contribution in [3.63, 3.8) is 0 Å². The highest BCUT2D eigenvalue weighted by Gasteiger charge is 1.94. The minimum Gasteiger partial charge on any atom is -0.493 e. The lowest BCUT2D eigenvalue weighted by Crippen LogP contribution is -2.04. The van der Waals surface area contributed by atoms with E-state index in [9.17, 15) is 0 Å². The summed E-state index contributed by atoms with van der Waals surface area (Å²) in [5.74, 6) is 1.82. The summed E-state index contributed by atoms with van der Waals surface area (Å²) >= 11 is 0. The van der Waals surface area contributed by atoms with Crippen LogP contribution >= 0.6 is 0 Å². The zero-order chi connectivity index (χ0) is 28.1. The van der Waals surface area contributed by atoms with Crippen LogP contribution in [0, 0.1) is 21.6 Å². The topological polar surface area (TPSA) is 232 Å². The molecule has 13 nitrogen and oxygen atoms in total. The third-order valence-electron chi connectivity index (χ3n) is 2.78. The molecule has 0 fully saturated rings. The predicted octanol–water partition coefficient (Wildman–Crippen LogP) is 2.13. The number of isocyanates is 4. The summed E-state index contributed by atoms with van der Waals surface area (Å²) in [6.07, 6.45) is 3.88. The third kappa shape index (κ3) is 43.3. The van der Waals surface area contributed by atoms with Crippen molar-refractivity contribution >= 4 is 24.3 Å². The second-order valence-electron chi connectivity index (χ2n) is 5.14. The van der Waals surface area contributed by atoms with E-state index in [1.54, 1.807) is 0 Å². The Morgan fingerprint density at radius 3 is 1.08 bits per heavy atom. The van der Waals surface area contributed by atoms with Gasteiger partial charge in [-0.3, -0.25) is 0 Å². The molecular formula is C23H30N4O9. The van der Waals surface area contributed by atoms with Crippen molar-refractivity contribution in [2.75, 3.05) is 39.6 Å². The standard InChI is InChI=1S/C15H16O2.C4H10O3.4CHNO/c1-3-8-14(9-4-1)16-12-7-13-17-15-10-5-2-6-11-15;5-1-3-7-4-2-6;4*2-1-3/h1-6,8-11H,7,12-13H2;5-6H,1-4H2;4*2H. The number of carbonyl (C=O) groups excluding carboxylic acids is 4. The smallest absolute Gasteiger partial charge is 0.231 e. The monoisotopic (exact) mass is 506 g/mol. The van der Waals surface area contributed by atoms with Gasteiger partial charge in [-0.1, -0.05) is 36.4 Å². The van der Waals surface area contributed by atoms with Gasteiger partial charge in [-0.15, -0.1) is 0 Å². The first-order valence-electron chi connectivity index (χ1n) is 9.83. The van der Waals surface area contributed by atoms with Gasteiger partial charge < -0.3 is 24.4 Å². The largest absolute Gasteiger partial charge is 0.493 e. The number of nitrogens with one attached hydrogen (secondary N) is 4. The Morgan fingerprint density at radius 1 is 0.556 bits per heavy atom. The van der Waals surface area contributed by atoms with Crippen LogP contribution in [0.15, 0.2) is 60.7 Å². The molecule has 0 heterocycles. The summed E-state index contributed by atoms with van der Waals surface area (Å²) in [7, 11) is 0. The molecule has 0 aliphatic carbocycles. The maximum Gasteiger partial charge on any atom is 0.231 e. The third-order valence-corrected chi connectivity index (χ3v) is 2.78. The lowest BCUT2D eigenvalue weighted by molar-refractivity contribution is 0.0650. The summed E-state index contributed by atoms with van der Waals surface area (Å²) in [6, 6.07) is 19.7. The fourth-order valence-electron chi connectivity index (χ4n) is 1.70. The lowest BCUT2D eigenvalue weighted by Gasteiger charge is -2.07. The van der Waals surface area contributed by atoms with Crippen LogP contribution in [-0.4, -0.2) is 74.2 Å². The first-order valence-corrected chi connectivity index (χ1v) is 9.83. The summed E-state index contributed by atoms with van der Waals surface area (Å²) in [5.41, 5.74) is 0. The van der Waals surface area contributed by atoms with Crippen molar-refractivity contribution in [3.8, 4) is 11.5 Å². The SMILES string of the molecule is N=C=O.N=C=O.N=C=O.N=C=O.OCCOCCO.c1ccc(OCCCOc2ccccc2)cc1. The molecule has 0 radical (unpaired) electrons. The average Bonchev–Trinajstić information content (AvgIpc) is 2.88. The Balaban J connectivity index is -0.000000223. The first kappa shape index (κ1) is 38.7. The van der Waals surface area contributed by atoms with Gasteiger partial charge in [0.2, 0.25) is 24.3 Å². The van der Waals surface area contributed by atoms with E-state index in [-0.39, 0.29) is 13.2 Å². The fraction of sp³-hybridized carbons (Fsp3) is 0.304. The minimum atomic E-state index is 0.0278. The van der Waals surface area contributed by atoms with Gasteiger partial charge in [0, 0.05) is 6.42 Å². The molecule has 2 rings (SSSR count). The predicted molar refractivity (Wildman–Crippen MR) is 127 cm³/mol. The molecule has 0 aliphatic heterocycles. The van der Waals surface area contributed by atoms with E-state index in [2.05, 4.69) is 4.74 Å². The Hall–Kier alpha value is -4.56. The maximum absolute atomic E-state index is 8.35. The van der Waals surface area contributed by atoms with E-state index >= 15 is 0 Å². The van der Waals surface area contributed by atoms with Crippen LogP contribution in [0.4, 0.5) is 0 Å². The Kier molecular flexibility index (Phi) is 43.8. The summed E-state index contributed by atoms with van der Waals surface area (Å²) in [6.45, 7) is 2.05. The number of aliphatic hydroxyl groups is 2. The molecule has 2 aromatic rings. The van der Waals surface area contributed by atoms with Crippen molar-refractivity contribution in [1.82, 2.24) is 0 Å². The quantitative estimate of drug-likeness (QED) is 0.157. The van der Waals surface area contributed by atoms with Crippen LogP contribution in [0.5, 0.6) is 11.5 Å². The van der Waals surface area contributed by atoms with Crippen LogP contribution in [0.3, 0.4) is 0 Å². The Morgan fingerprint density at radius 2 is 0.833 bits per heavy atom. The van der Waals surface area contributed by atoms with E-state index in [1.165, 1.54) is 0 Å². The molecule has 0 saturated heterocycles. The molecule has 0 saturated carbocycles. The molecule has 6 N–H and O–H groups in total. The molecule has 0 spiro atoms. The second-order valence-corrected chi connectivity index (χ2v) is 5.14. The Labute approximate surface area is 208 Å². The van der Waals surface area contributed by atoms with Gasteiger partial charge in [-0.25, -0.2) is 40.8 Å². The molecule has 0 aliphatic rings. The van der Waals surface area contributed by atoms with Crippen LogP contribution in [0.25, 0.3) is 0 Å². The van der Waals surface area contributed by atoms with Crippen LogP contribution in [-0.2, 0) is 23.9 Å². The number of rotatable bonds is 10. The van der Waals surface area contributed by atoms with Crippen LogP contribution in [0.1, 0.15) is 6.42 Å². The molecule has 0 amide bonds. The van der Waals surface area contributed by atoms with Gasteiger partial charge in [0.15, 0.2) is 0 Å². The number of para-hydroxylation sites is 2. The molecule has 2 aromatic carbocycles. The number of ether oxygens (including phenoxy) is 3. The molecule has 0 unspecified atom stereocenters. The minimum absolute atomic E-state index is 0.0278. The molecule has 0 atom stereocenters. The second kappa shape index (κ2) is 40.8. The van der Waals surface area contributed by atoms with Crippen molar-refractivity contribution in [2.45, 2.75) is 6.42 Å². The summed E-state index contributed by atoms with van der Waals surface area (Å²) < 4.78 is 15.8. The number of benzene rings is 2. The first-order chi connectivity index (χ1) is 17.5. The van der Waals surface area contributed by atoms with Crippen molar-refractivity contribution in [1.29, 1.82) is 21.6 Å². The highest BCUT2D eigenvalue weighted by molar-refractivity contribution is 5.27. The highest BCUT2D eigenvalue weighted by Crippen LogP contribution is 2.10. The van der Waals surface area contributed by atoms with E-state index in [0.717, 1.165) is 42.2 Å². The lowest BCUT2D eigenvalue weighted by atomic mass is 10.3. The maximum atomic E-state index is 8.35. The average molecular weight is 507 g/mol. The Bertz CT molecular complexity index is 736. The van der Waals surface area contributed by atoms with Crippen molar-refractivity contribution in [3.05, 3.63) is 60.7 Å². The van der Waals surface area contributed by atoms with Gasteiger partial charge in [-0.05, 0) is 24.3 Å². The molecule has 36 heavy (non-hydrogen) atoms. The summed E-state index contributed by atoms with van der Waals surface area (Å²) in [5, 5.41) is 37.8. The van der Waals surface area contributed by atoms with Gasteiger partial charge >= 0.3 is 0 Å². The van der Waals surface area contributed by atoms with E-state index in [1.807, 2.05) is 60.7 Å². The molecule has 0 aromatic heterocycles. The van der Waals surface area contributed by atoms with Gasteiger partial charge in [-0.2, -0.15) is 0 Å². The molecule has 196 valence electrons. The summed E-state index contributed by atoms with van der Waals surface area (Å²) in [4.78, 5) is 33.4. The van der Waals surface area contributed by atoms with E-state index in [4.69, 9.17) is 60.5 Å². The van der Waals surface area contributed by atoms with Crippen LogP contribution in [0.2, 0.25) is 0 Å². The molecule has 0 bridgehead atoms. The van der Waals surface area contributed by atoms with Crippen molar-refractivity contribution in [2.24, 2.45) is 0 Å². The highest BCUT2D eigenvalue weighted by atomic mass is 16.5. The van der Waals surface area contributed by atoms with E-state index < -0.39 is 0 Å². The zero-order valence-corrected chi connectivity index (χ0v) is 19.5.